The van der Waals surface area contributed by atoms with Crippen molar-refractivity contribution in [2.24, 2.45) is 5.92 Å². The van der Waals surface area contributed by atoms with E-state index in [4.69, 9.17) is 0 Å². The Morgan fingerprint density at radius 2 is 0.729 bits per heavy atom. The number of nitrogens with zero attached hydrogens (tertiary/aromatic N) is 1. The Kier molecular flexibility index (Phi) is 35.4. The molecule has 1 N–H and O–H groups in total. The van der Waals surface area contributed by atoms with Crippen molar-refractivity contribution in [3.8, 4) is 0 Å². The summed E-state index contributed by atoms with van der Waals surface area (Å²) < 4.78 is 0. The summed E-state index contributed by atoms with van der Waals surface area (Å²) in [7, 11) is 0. The Hall–Kier alpha value is -1.65. The number of hydrogen-bond acceptors (Lipinski definition) is 3. The highest BCUT2D eigenvalue weighted by Crippen LogP contribution is 2.18. The molecule has 0 aromatic carbocycles. The molecule has 48 heavy (non-hydrogen) atoms. The van der Waals surface area contributed by atoms with E-state index in [2.05, 4.69) is 20.4 Å². The van der Waals surface area contributed by atoms with Gasteiger partial charge in [0.1, 0.15) is 5.92 Å². The van der Waals surface area contributed by atoms with Gasteiger partial charge >= 0.3 is 5.97 Å². The van der Waals surface area contributed by atoms with Crippen LogP contribution in [0.1, 0.15) is 226 Å². The van der Waals surface area contributed by atoms with Gasteiger partial charge in [-0.2, -0.15) is 0 Å². The molecule has 0 aliphatic rings. The van der Waals surface area contributed by atoms with E-state index in [1.165, 1.54) is 180 Å². The zero-order valence-electron chi connectivity index (χ0n) is 32.2. The smallest absolute Gasteiger partial charge is 0.304 e. The van der Waals surface area contributed by atoms with Gasteiger partial charge in [-0.05, 0) is 18.9 Å². The third kappa shape index (κ3) is 30.4. The van der Waals surface area contributed by atoms with Gasteiger partial charge in [0, 0.05) is 13.1 Å². The molecule has 0 rings (SSSR count). The Morgan fingerprint density at radius 1 is 0.479 bits per heavy atom. The molecule has 0 heterocycles. The topological polar surface area (TPSA) is 74.7 Å². The predicted molar refractivity (Wildman–Crippen MR) is 207 cm³/mol. The van der Waals surface area contributed by atoms with Gasteiger partial charge in [0.2, 0.25) is 5.91 Å². The second kappa shape index (κ2) is 36.6. The largest absolute Gasteiger partial charge is 0.481 e. The van der Waals surface area contributed by atoms with Crippen LogP contribution in [-0.4, -0.2) is 40.8 Å². The number of aliphatic carboxylic acids is 1. The monoisotopic (exact) mass is 676 g/mol. The highest BCUT2D eigenvalue weighted by Gasteiger charge is 2.30. The van der Waals surface area contributed by atoms with Gasteiger partial charge in [0.05, 0.1) is 6.42 Å². The van der Waals surface area contributed by atoms with Crippen LogP contribution in [0.4, 0.5) is 0 Å². The Labute approximate surface area is 298 Å². The van der Waals surface area contributed by atoms with E-state index < -0.39 is 24.1 Å². The summed E-state index contributed by atoms with van der Waals surface area (Å²) in [4.78, 5) is 39.0. The molecule has 5 heteroatoms. The van der Waals surface area contributed by atoms with Crippen molar-refractivity contribution >= 4 is 17.7 Å². The number of amides is 1. The minimum atomic E-state index is -1.15. The van der Waals surface area contributed by atoms with Crippen molar-refractivity contribution in [3.63, 3.8) is 0 Å². The molecule has 1 unspecified atom stereocenters. The summed E-state index contributed by atoms with van der Waals surface area (Å²) in [6.45, 7) is 9.28. The number of rotatable bonds is 39. The average Bonchev–Trinajstić information content (AvgIpc) is 3.08. The molecule has 0 bridgehead atoms. The summed E-state index contributed by atoms with van der Waals surface area (Å²) >= 11 is 0. The van der Waals surface area contributed by atoms with Crippen LogP contribution >= 0.6 is 0 Å². The summed E-state index contributed by atoms with van der Waals surface area (Å²) in [5, 5.41) is 9.35. The molecule has 0 fully saturated rings. The molecule has 0 spiro atoms. The highest BCUT2D eigenvalue weighted by molar-refractivity contribution is 6.08. The van der Waals surface area contributed by atoms with Crippen LogP contribution in [0, 0.1) is 5.92 Å². The van der Waals surface area contributed by atoms with Crippen molar-refractivity contribution < 1.29 is 19.5 Å². The Bertz CT molecular complexity index is 715. The number of carbonyl (C=O) groups is 3. The Morgan fingerprint density at radius 3 is 0.958 bits per heavy atom. The SMILES string of the molecule is C=CC(=O)C(CC(=O)O)C(=O)N(CCCCCCCCCCCCCCCCCC)CCCCCCCCCCCCCCCCCC. The predicted octanol–water partition coefficient (Wildman–Crippen LogP) is 13.2. The average molecular weight is 676 g/mol. The van der Waals surface area contributed by atoms with Crippen LogP contribution in [0.15, 0.2) is 12.7 Å². The van der Waals surface area contributed by atoms with Crippen molar-refractivity contribution in [3.05, 3.63) is 12.7 Å². The lowest BCUT2D eigenvalue weighted by Gasteiger charge is -2.26. The van der Waals surface area contributed by atoms with E-state index in [0.29, 0.717) is 13.1 Å². The molecular formula is C43H81NO4. The molecule has 0 aromatic heterocycles. The quantitative estimate of drug-likeness (QED) is 0.0400. The number of carbonyl (C=O) groups excluding carboxylic acids is 2. The zero-order valence-corrected chi connectivity index (χ0v) is 32.2. The van der Waals surface area contributed by atoms with E-state index in [-0.39, 0.29) is 5.91 Å². The van der Waals surface area contributed by atoms with Crippen LogP contribution < -0.4 is 0 Å². The standard InChI is InChI=1S/C43H81NO4/c1-4-7-9-11-13-15-17-19-21-23-25-27-29-31-33-35-37-44(43(48)40(39-42(46)47)41(45)6-3)38-36-34-32-30-28-26-24-22-20-18-16-14-12-10-8-5-2/h6,40H,3-5,7-39H2,1-2H3,(H,46,47). The van der Waals surface area contributed by atoms with Gasteiger partial charge in [0.15, 0.2) is 5.78 Å². The van der Waals surface area contributed by atoms with Gasteiger partial charge in [-0.25, -0.2) is 0 Å². The summed E-state index contributed by atoms with van der Waals surface area (Å²) in [5.74, 6) is -3.08. The van der Waals surface area contributed by atoms with Gasteiger partial charge in [-0.3, -0.25) is 14.4 Å². The maximum atomic E-state index is 13.4. The van der Waals surface area contributed by atoms with E-state index in [9.17, 15) is 19.5 Å². The molecule has 0 aliphatic heterocycles. The minimum Gasteiger partial charge on any atom is -0.481 e. The molecule has 1 amide bonds. The minimum absolute atomic E-state index is 0.329. The number of hydrogen-bond donors (Lipinski definition) is 1. The fourth-order valence-corrected chi connectivity index (χ4v) is 6.88. The van der Waals surface area contributed by atoms with Crippen molar-refractivity contribution in [2.45, 2.75) is 226 Å². The highest BCUT2D eigenvalue weighted by atomic mass is 16.4. The summed E-state index contributed by atoms with van der Waals surface area (Å²) in [6.07, 6.45) is 42.3. The van der Waals surface area contributed by atoms with Gasteiger partial charge < -0.3 is 10.0 Å². The molecule has 282 valence electrons. The van der Waals surface area contributed by atoms with Gasteiger partial charge in [-0.15, -0.1) is 0 Å². The Balaban J connectivity index is 4.20. The molecule has 1 atom stereocenters. The fourth-order valence-electron chi connectivity index (χ4n) is 6.88. The molecular weight excluding hydrogens is 594 g/mol. The molecule has 0 saturated heterocycles. The number of carboxylic acid groups (broad SMARTS) is 1. The van der Waals surface area contributed by atoms with E-state index in [1.54, 1.807) is 4.90 Å². The number of carboxylic acids is 1. The third-order valence-corrected chi connectivity index (χ3v) is 10.1. The summed E-state index contributed by atoms with van der Waals surface area (Å²) in [5.41, 5.74) is 0. The fraction of sp³-hybridized carbons (Fsp3) is 0.884. The third-order valence-electron chi connectivity index (χ3n) is 10.1. The van der Waals surface area contributed by atoms with Crippen molar-refractivity contribution in [1.29, 1.82) is 0 Å². The lowest BCUT2D eigenvalue weighted by molar-refractivity contribution is -0.147. The first kappa shape index (κ1) is 46.4. The molecule has 0 radical (unpaired) electrons. The molecule has 5 nitrogen and oxygen atoms in total. The normalized spacial score (nSPS) is 11.9. The first-order valence-electron chi connectivity index (χ1n) is 21.1. The van der Waals surface area contributed by atoms with Crippen molar-refractivity contribution in [2.75, 3.05) is 13.1 Å². The maximum Gasteiger partial charge on any atom is 0.304 e. The van der Waals surface area contributed by atoms with E-state index in [0.717, 1.165) is 31.8 Å². The first-order chi connectivity index (χ1) is 23.5. The molecule has 0 aliphatic carbocycles. The zero-order chi connectivity index (χ0) is 35.3. The molecule has 0 saturated carbocycles. The molecule has 0 aromatic rings. The van der Waals surface area contributed by atoms with E-state index in [1.807, 2.05) is 0 Å². The van der Waals surface area contributed by atoms with Crippen LogP contribution in [0.2, 0.25) is 0 Å². The number of ketones is 1. The second-order valence-corrected chi connectivity index (χ2v) is 14.7. The summed E-state index contributed by atoms with van der Waals surface area (Å²) in [6, 6.07) is 0. The lowest BCUT2D eigenvalue weighted by atomic mass is 9.97. The van der Waals surface area contributed by atoms with Crippen molar-refractivity contribution in [1.82, 2.24) is 4.90 Å². The number of allylic oxidation sites excluding steroid dienone is 1. The lowest BCUT2D eigenvalue weighted by Crippen LogP contribution is -2.41. The van der Waals surface area contributed by atoms with Crippen LogP contribution in [0.25, 0.3) is 0 Å². The van der Waals surface area contributed by atoms with Crippen LogP contribution in [-0.2, 0) is 14.4 Å². The van der Waals surface area contributed by atoms with Gasteiger partial charge in [0.25, 0.3) is 0 Å². The maximum absolute atomic E-state index is 13.4. The van der Waals surface area contributed by atoms with Gasteiger partial charge in [-0.1, -0.05) is 213 Å². The van der Waals surface area contributed by atoms with Crippen LogP contribution in [0.3, 0.4) is 0 Å². The van der Waals surface area contributed by atoms with E-state index >= 15 is 0 Å². The second-order valence-electron chi connectivity index (χ2n) is 14.7. The number of unbranched alkanes of at least 4 members (excludes halogenated alkanes) is 30. The first-order valence-corrected chi connectivity index (χ1v) is 21.1. The van der Waals surface area contributed by atoms with Crippen LogP contribution in [0.5, 0.6) is 0 Å².